The van der Waals surface area contributed by atoms with E-state index in [0.717, 1.165) is 6.42 Å². The third kappa shape index (κ3) is 3.62. The second kappa shape index (κ2) is 5.44. The topological polar surface area (TPSA) is 60.2 Å². The van der Waals surface area contributed by atoms with E-state index in [2.05, 4.69) is 24.3 Å². The summed E-state index contributed by atoms with van der Waals surface area (Å²) in [6, 6.07) is 5.46. The molecule has 1 aromatic rings. The molecule has 0 atom stereocenters. The van der Waals surface area contributed by atoms with Crippen LogP contribution < -0.4 is 16.0 Å². The van der Waals surface area contributed by atoms with Gasteiger partial charge in [-0.2, -0.15) is 4.98 Å². The molecule has 3 N–H and O–H groups in total. The zero-order valence-corrected chi connectivity index (χ0v) is 8.66. The van der Waals surface area contributed by atoms with Crippen LogP contribution in [0.4, 0.5) is 5.82 Å². The summed E-state index contributed by atoms with van der Waals surface area (Å²) in [7, 11) is 0. The van der Waals surface area contributed by atoms with Gasteiger partial charge in [0.05, 0.1) is 6.61 Å². The van der Waals surface area contributed by atoms with Crippen LogP contribution in [0, 0.1) is 5.92 Å². The number of ether oxygens (including phenoxy) is 1. The molecule has 0 aliphatic carbocycles. The summed E-state index contributed by atoms with van der Waals surface area (Å²) < 4.78 is 5.45. The van der Waals surface area contributed by atoms with Gasteiger partial charge in [0, 0.05) is 6.07 Å². The maximum atomic E-state index is 5.45. The third-order valence-electron chi connectivity index (χ3n) is 1.82. The first-order valence-corrected chi connectivity index (χ1v) is 4.79. The fourth-order valence-corrected chi connectivity index (χ4v) is 0.975. The molecule has 0 saturated carbocycles. The molecule has 0 bridgehead atoms. The molecule has 0 aromatic carbocycles. The Morgan fingerprint density at radius 1 is 1.50 bits per heavy atom. The van der Waals surface area contributed by atoms with Crippen molar-refractivity contribution in [3.05, 3.63) is 18.2 Å². The molecule has 14 heavy (non-hydrogen) atoms. The second-order valence-electron chi connectivity index (χ2n) is 3.54. The Morgan fingerprint density at radius 2 is 2.29 bits per heavy atom. The minimum absolute atomic E-state index is 0.612. The van der Waals surface area contributed by atoms with E-state index in [4.69, 9.17) is 10.6 Å². The minimum atomic E-state index is 0.612. The molecule has 0 spiro atoms. The van der Waals surface area contributed by atoms with Gasteiger partial charge in [-0.05, 0) is 18.4 Å². The number of anilines is 1. The van der Waals surface area contributed by atoms with Crippen LogP contribution in [0.2, 0.25) is 0 Å². The van der Waals surface area contributed by atoms with Crippen molar-refractivity contribution >= 4 is 5.82 Å². The first kappa shape index (κ1) is 10.8. The van der Waals surface area contributed by atoms with Crippen molar-refractivity contribution in [1.82, 2.24) is 4.98 Å². The number of rotatable bonds is 5. The number of nitrogens with zero attached hydrogens (tertiary/aromatic N) is 1. The molecule has 78 valence electrons. The van der Waals surface area contributed by atoms with Gasteiger partial charge in [-0.3, -0.25) is 0 Å². The molecule has 4 nitrogen and oxygen atoms in total. The lowest BCUT2D eigenvalue weighted by Gasteiger charge is -2.07. The lowest BCUT2D eigenvalue weighted by molar-refractivity contribution is 0.280. The lowest BCUT2D eigenvalue weighted by Crippen LogP contribution is -2.09. The summed E-state index contributed by atoms with van der Waals surface area (Å²) in [6.07, 6.45) is 1.03. The maximum Gasteiger partial charge on any atom is 0.215 e. The Kier molecular flexibility index (Phi) is 4.19. The van der Waals surface area contributed by atoms with Crippen molar-refractivity contribution < 1.29 is 4.74 Å². The summed E-state index contributed by atoms with van der Waals surface area (Å²) in [6.45, 7) is 5.02. The lowest BCUT2D eigenvalue weighted by atomic mass is 10.1. The van der Waals surface area contributed by atoms with Crippen molar-refractivity contribution in [2.24, 2.45) is 11.8 Å². The zero-order chi connectivity index (χ0) is 10.4. The monoisotopic (exact) mass is 195 g/mol. The van der Waals surface area contributed by atoms with E-state index in [0.29, 0.717) is 24.2 Å². The number of nitrogens with one attached hydrogen (secondary N) is 1. The van der Waals surface area contributed by atoms with Gasteiger partial charge < -0.3 is 10.2 Å². The summed E-state index contributed by atoms with van der Waals surface area (Å²) in [4.78, 5) is 4.13. The number of nitrogens with two attached hydrogens (primary N) is 1. The van der Waals surface area contributed by atoms with E-state index in [1.165, 1.54) is 0 Å². The molecule has 0 unspecified atom stereocenters. The molecular weight excluding hydrogens is 178 g/mol. The van der Waals surface area contributed by atoms with Crippen molar-refractivity contribution in [1.29, 1.82) is 0 Å². The number of hydrazine groups is 1. The van der Waals surface area contributed by atoms with Crippen molar-refractivity contribution in [2.45, 2.75) is 20.3 Å². The van der Waals surface area contributed by atoms with E-state index < -0.39 is 0 Å². The Labute approximate surface area is 84.4 Å². The van der Waals surface area contributed by atoms with Crippen molar-refractivity contribution in [3.63, 3.8) is 0 Å². The summed E-state index contributed by atoms with van der Waals surface area (Å²) in [5.41, 5.74) is 2.48. The van der Waals surface area contributed by atoms with Crippen molar-refractivity contribution in [3.8, 4) is 5.88 Å². The van der Waals surface area contributed by atoms with Gasteiger partial charge in [0.1, 0.15) is 5.82 Å². The van der Waals surface area contributed by atoms with Gasteiger partial charge in [0.2, 0.25) is 5.88 Å². The van der Waals surface area contributed by atoms with Crippen LogP contribution >= 0.6 is 0 Å². The van der Waals surface area contributed by atoms with Crippen LogP contribution in [0.5, 0.6) is 5.88 Å². The minimum Gasteiger partial charge on any atom is -0.478 e. The molecule has 0 amide bonds. The van der Waals surface area contributed by atoms with Gasteiger partial charge in [0.25, 0.3) is 0 Å². The normalized spacial score (nSPS) is 10.3. The number of aromatic nitrogens is 1. The maximum absolute atomic E-state index is 5.45. The fourth-order valence-electron chi connectivity index (χ4n) is 0.975. The third-order valence-corrected chi connectivity index (χ3v) is 1.82. The average molecular weight is 195 g/mol. The van der Waals surface area contributed by atoms with E-state index >= 15 is 0 Å². The molecule has 1 aromatic heterocycles. The molecule has 0 saturated heterocycles. The molecule has 0 aliphatic heterocycles. The van der Waals surface area contributed by atoms with Crippen LogP contribution in [0.1, 0.15) is 20.3 Å². The molecular formula is C10H17N3O. The van der Waals surface area contributed by atoms with Crippen LogP contribution in [0.25, 0.3) is 0 Å². The largest absolute Gasteiger partial charge is 0.478 e. The van der Waals surface area contributed by atoms with E-state index in [-0.39, 0.29) is 0 Å². The number of nitrogen functional groups attached to an aromatic ring is 1. The predicted molar refractivity (Wildman–Crippen MR) is 57.0 cm³/mol. The van der Waals surface area contributed by atoms with Gasteiger partial charge in [0.15, 0.2) is 0 Å². The van der Waals surface area contributed by atoms with E-state index in [1.54, 1.807) is 6.07 Å². The zero-order valence-electron chi connectivity index (χ0n) is 8.66. The summed E-state index contributed by atoms with van der Waals surface area (Å²) in [5.74, 6) is 7.10. The molecule has 1 heterocycles. The van der Waals surface area contributed by atoms with Gasteiger partial charge in [-0.25, -0.2) is 5.84 Å². The van der Waals surface area contributed by atoms with Crippen molar-refractivity contribution in [2.75, 3.05) is 12.0 Å². The SMILES string of the molecule is CC(C)CCOc1cccc(NN)n1. The number of pyridine rings is 1. The van der Waals surface area contributed by atoms with Crippen LogP contribution in [0.3, 0.4) is 0 Å². The molecule has 0 fully saturated rings. The summed E-state index contributed by atoms with van der Waals surface area (Å²) in [5, 5.41) is 0. The second-order valence-corrected chi connectivity index (χ2v) is 3.54. The number of hydrogen-bond acceptors (Lipinski definition) is 4. The fraction of sp³-hybridized carbons (Fsp3) is 0.500. The van der Waals surface area contributed by atoms with Crippen LogP contribution in [-0.4, -0.2) is 11.6 Å². The number of hydrogen-bond donors (Lipinski definition) is 2. The highest BCUT2D eigenvalue weighted by Gasteiger charge is 1.98. The molecule has 1 rings (SSSR count). The highest BCUT2D eigenvalue weighted by Crippen LogP contribution is 2.11. The van der Waals surface area contributed by atoms with Crippen LogP contribution in [-0.2, 0) is 0 Å². The quantitative estimate of drug-likeness (QED) is 0.555. The highest BCUT2D eigenvalue weighted by atomic mass is 16.5. The first-order valence-electron chi connectivity index (χ1n) is 4.79. The molecule has 4 heteroatoms. The Balaban J connectivity index is 2.42. The standard InChI is InChI=1S/C10H17N3O/c1-8(2)6-7-14-10-5-3-4-9(12-10)13-11/h3-5,8H,6-7,11H2,1-2H3,(H,12,13). The van der Waals surface area contributed by atoms with Crippen LogP contribution in [0.15, 0.2) is 18.2 Å². The van der Waals surface area contributed by atoms with Gasteiger partial charge in [-0.1, -0.05) is 19.9 Å². The smallest absolute Gasteiger partial charge is 0.215 e. The van der Waals surface area contributed by atoms with E-state index in [9.17, 15) is 0 Å². The predicted octanol–water partition coefficient (Wildman–Crippen LogP) is 1.79. The highest BCUT2D eigenvalue weighted by molar-refractivity contribution is 5.35. The Bertz CT molecular complexity index is 276. The Morgan fingerprint density at radius 3 is 2.93 bits per heavy atom. The summed E-state index contributed by atoms with van der Waals surface area (Å²) >= 11 is 0. The van der Waals surface area contributed by atoms with Gasteiger partial charge in [-0.15, -0.1) is 0 Å². The first-order chi connectivity index (χ1) is 6.72. The Hall–Kier alpha value is -1.29. The molecule has 0 radical (unpaired) electrons. The van der Waals surface area contributed by atoms with Gasteiger partial charge >= 0.3 is 0 Å². The average Bonchev–Trinajstić information content (AvgIpc) is 2.18. The van der Waals surface area contributed by atoms with E-state index in [1.807, 2.05) is 12.1 Å². The molecule has 0 aliphatic rings.